The molecule has 0 aromatic carbocycles. The highest BCUT2D eigenvalue weighted by Crippen LogP contribution is 2.23. The second-order valence-corrected chi connectivity index (χ2v) is 4.95. The minimum absolute atomic E-state index is 0.104. The minimum Gasteiger partial charge on any atom is -0.354 e. The molecule has 1 saturated carbocycles. The number of amides is 2. The summed E-state index contributed by atoms with van der Waals surface area (Å²) in [6, 6.07) is 0.104. The summed E-state index contributed by atoms with van der Waals surface area (Å²) in [5, 5.41) is 5.28. The van der Waals surface area contributed by atoms with Crippen LogP contribution in [-0.2, 0) is 19.1 Å². The Morgan fingerprint density at radius 1 is 1.16 bits per heavy atom. The average molecular weight is 272 g/mol. The highest BCUT2D eigenvalue weighted by atomic mass is 16.7. The van der Waals surface area contributed by atoms with Crippen LogP contribution in [0.4, 0.5) is 0 Å². The molecule has 2 atom stereocenters. The van der Waals surface area contributed by atoms with Crippen molar-refractivity contribution in [2.24, 2.45) is 5.92 Å². The van der Waals surface area contributed by atoms with Gasteiger partial charge in [-0.05, 0) is 18.8 Å². The zero-order chi connectivity index (χ0) is 14.3. The van der Waals surface area contributed by atoms with E-state index in [-0.39, 0.29) is 12.6 Å². The van der Waals surface area contributed by atoms with Crippen LogP contribution in [-0.4, -0.2) is 44.9 Å². The van der Waals surface area contributed by atoms with E-state index >= 15 is 0 Å². The summed E-state index contributed by atoms with van der Waals surface area (Å²) in [4.78, 5) is 23.4. The predicted octanol–water partition coefficient (Wildman–Crippen LogP) is 0.416. The summed E-state index contributed by atoms with van der Waals surface area (Å²) in [5.41, 5.74) is 0. The van der Waals surface area contributed by atoms with E-state index in [4.69, 9.17) is 9.47 Å². The number of rotatable bonds is 5. The summed E-state index contributed by atoms with van der Waals surface area (Å²) < 4.78 is 9.86. The van der Waals surface area contributed by atoms with Gasteiger partial charge in [-0.25, -0.2) is 0 Å². The zero-order valence-corrected chi connectivity index (χ0v) is 11.9. The Morgan fingerprint density at radius 2 is 1.79 bits per heavy atom. The van der Waals surface area contributed by atoms with E-state index in [2.05, 4.69) is 17.6 Å². The van der Waals surface area contributed by atoms with Crippen molar-refractivity contribution in [1.82, 2.24) is 10.6 Å². The van der Waals surface area contributed by atoms with E-state index in [1.165, 1.54) is 20.6 Å². The van der Waals surface area contributed by atoms with Crippen LogP contribution < -0.4 is 10.6 Å². The van der Waals surface area contributed by atoms with Gasteiger partial charge in [-0.3, -0.25) is 9.59 Å². The van der Waals surface area contributed by atoms with Crippen LogP contribution in [0.15, 0.2) is 0 Å². The fourth-order valence-electron chi connectivity index (χ4n) is 2.28. The fourth-order valence-corrected chi connectivity index (χ4v) is 2.28. The number of hydrogen-bond acceptors (Lipinski definition) is 4. The summed E-state index contributed by atoms with van der Waals surface area (Å²) in [5.74, 6) is -0.794. The van der Waals surface area contributed by atoms with Crippen molar-refractivity contribution >= 4 is 11.8 Å². The minimum atomic E-state index is -0.642. The van der Waals surface area contributed by atoms with Crippen molar-refractivity contribution in [2.75, 3.05) is 20.8 Å². The molecule has 6 nitrogen and oxygen atoms in total. The molecule has 2 N–H and O–H groups in total. The number of nitrogens with one attached hydrogen (secondary N) is 2. The van der Waals surface area contributed by atoms with Gasteiger partial charge in [0, 0.05) is 20.3 Å². The first kappa shape index (κ1) is 15.9. The highest BCUT2D eigenvalue weighted by molar-refractivity contribution is 6.35. The number of ether oxygens (including phenoxy) is 2. The summed E-state index contributed by atoms with van der Waals surface area (Å²) >= 11 is 0. The van der Waals surface area contributed by atoms with Gasteiger partial charge >= 0.3 is 11.8 Å². The van der Waals surface area contributed by atoms with Gasteiger partial charge in [0.15, 0.2) is 6.29 Å². The lowest BCUT2D eigenvalue weighted by molar-refractivity contribution is -0.142. The van der Waals surface area contributed by atoms with Crippen molar-refractivity contribution in [1.29, 1.82) is 0 Å². The lowest BCUT2D eigenvalue weighted by Crippen LogP contribution is -2.49. The van der Waals surface area contributed by atoms with E-state index in [1.54, 1.807) is 0 Å². The van der Waals surface area contributed by atoms with Crippen LogP contribution in [0.5, 0.6) is 0 Å². The second kappa shape index (κ2) is 8.12. The second-order valence-electron chi connectivity index (χ2n) is 4.95. The molecule has 2 unspecified atom stereocenters. The smallest absolute Gasteiger partial charge is 0.309 e. The maximum atomic E-state index is 11.7. The van der Waals surface area contributed by atoms with Gasteiger partial charge in [0.25, 0.3) is 0 Å². The van der Waals surface area contributed by atoms with Crippen molar-refractivity contribution < 1.29 is 19.1 Å². The van der Waals surface area contributed by atoms with Gasteiger partial charge in [0.2, 0.25) is 0 Å². The van der Waals surface area contributed by atoms with E-state index in [0.29, 0.717) is 5.92 Å². The fraction of sp³-hybridized carbons (Fsp3) is 0.846. The first-order valence-electron chi connectivity index (χ1n) is 6.72. The van der Waals surface area contributed by atoms with Crippen LogP contribution in [0.3, 0.4) is 0 Å². The van der Waals surface area contributed by atoms with Gasteiger partial charge in [-0.15, -0.1) is 0 Å². The highest BCUT2D eigenvalue weighted by Gasteiger charge is 2.25. The summed E-state index contributed by atoms with van der Waals surface area (Å²) in [6.45, 7) is 2.26. The third-order valence-corrected chi connectivity index (χ3v) is 3.59. The zero-order valence-electron chi connectivity index (χ0n) is 11.9. The van der Waals surface area contributed by atoms with Gasteiger partial charge in [-0.1, -0.05) is 19.8 Å². The molecule has 0 spiro atoms. The Morgan fingerprint density at radius 3 is 2.37 bits per heavy atom. The Hall–Kier alpha value is -1.14. The third-order valence-electron chi connectivity index (χ3n) is 3.59. The first-order valence-corrected chi connectivity index (χ1v) is 6.72. The van der Waals surface area contributed by atoms with Crippen molar-refractivity contribution in [3.63, 3.8) is 0 Å². The van der Waals surface area contributed by atoms with E-state index in [1.807, 2.05) is 0 Å². The van der Waals surface area contributed by atoms with Crippen LogP contribution >= 0.6 is 0 Å². The SMILES string of the molecule is COC(CNC(=O)C(=O)NC1CCCCC1C)OC. The van der Waals surface area contributed by atoms with Gasteiger partial charge in [0.1, 0.15) is 0 Å². The van der Waals surface area contributed by atoms with Crippen molar-refractivity contribution in [3.05, 3.63) is 0 Å². The first-order chi connectivity index (χ1) is 9.08. The molecule has 0 aliphatic heterocycles. The molecule has 2 amide bonds. The largest absolute Gasteiger partial charge is 0.354 e. The predicted molar refractivity (Wildman–Crippen MR) is 70.4 cm³/mol. The van der Waals surface area contributed by atoms with Crippen molar-refractivity contribution in [3.8, 4) is 0 Å². The molecule has 1 aliphatic rings. The van der Waals surface area contributed by atoms with Crippen LogP contribution in [0.25, 0.3) is 0 Å². The molecule has 0 bridgehead atoms. The molecule has 19 heavy (non-hydrogen) atoms. The summed E-state index contributed by atoms with van der Waals surface area (Å²) in [7, 11) is 2.95. The average Bonchev–Trinajstić information content (AvgIpc) is 2.42. The molecule has 0 heterocycles. The Bertz CT molecular complexity index is 305. The number of hydrogen-bond donors (Lipinski definition) is 2. The monoisotopic (exact) mass is 272 g/mol. The maximum absolute atomic E-state index is 11.7. The molecule has 1 rings (SSSR count). The van der Waals surface area contributed by atoms with Crippen LogP contribution in [0, 0.1) is 5.92 Å². The van der Waals surface area contributed by atoms with Gasteiger partial charge in [-0.2, -0.15) is 0 Å². The number of carbonyl (C=O) groups excluding carboxylic acids is 2. The topological polar surface area (TPSA) is 76.7 Å². The number of methoxy groups -OCH3 is 2. The normalized spacial score (nSPS) is 23.2. The quantitative estimate of drug-likeness (QED) is 0.561. The molecule has 1 aliphatic carbocycles. The standard InChI is InChI=1S/C13H24N2O4/c1-9-6-4-5-7-10(9)15-13(17)12(16)14-8-11(18-2)19-3/h9-11H,4-8H2,1-3H3,(H,14,16)(H,15,17). The molecule has 0 aromatic heterocycles. The lowest BCUT2D eigenvalue weighted by atomic mass is 9.86. The maximum Gasteiger partial charge on any atom is 0.309 e. The van der Waals surface area contributed by atoms with Gasteiger partial charge in [0.05, 0.1) is 6.54 Å². The van der Waals surface area contributed by atoms with Crippen LogP contribution in [0.2, 0.25) is 0 Å². The number of carbonyl (C=O) groups is 2. The molecular weight excluding hydrogens is 248 g/mol. The Labute approximate surface area is 114 Å². The van der Waals surface area contributed by atoms with Crippen LogP contribution in [0.1, 0.15) is 32.6 Å². The molecule has 6 heteroatoms. The Kier molecular flexibility index (Phi) is 6.80. The molecule has 1 fully saturated rings. The van der Waals surface area contributed by atoms with E-state index in [0.717, 1.165) is 19.3 Å². The van der Waals surface area contributed by atoms with Gasteiger partial charge < -0.3 is 20.1 Å². The summed E-state index contributed by atoms with van der Waals surface area (Å²) in [6.07, 6.45) is 3.81. The third kappa shape index (κ3) is 5.16. The lowest BCUT2D eigenvalue weighted by Gasteiger charge is -2.29. The molecule has 0 radical (unpaired) electrons. The Balaban J connectivity index is 2.33. The molecule has 0 saturated heterocycles. The molecular formula is C13H24N2O4. The molecule has 0 aromatic rings. The van der Waals surface area contributed by atoms with Crippen molar-refractivity contribution in [2.45, 2.75) is 44.9 Å². The molecule has 110 valence electrons. The van der Waals surface area contributed by atoms with E-state index < -0.39 is 18.1 Å². The van der Waals surface area contributed by atoms with E-state index in [9.17, 15) is 9.59 Å².